The molecule has 0 aromatic heterocycles. The fourth-order valence-corrected chi connectivity index (χ4v) is 3.29. The molecule has 9 nitrogen and oxygen atoms in total. The number of ether oxygens (including phenoxy) is 1. The Morgan fingerprint density at radius 1 is 1.36 bits per heavy atom. The molecule has 1 atom stereocenters. The van der Waals surface area contributed by atoms with Gasteiger partial charge in [-0.15, -0.1) is 24.8 Å². The predicted molar refractivity (Wildman–Crippen MR) is 108 cm³/mol. The first-order valence-electron chi connectivity index (χ1n) is 8.50. The molecule has 1 fully saturated rings. The van der Waals surface area contributed by atoms with Crippen molar-refractivity contribution < 1.29 is 29.1 Å². The van der Waals surface area contributed by atoms with Gasteiger partial charge in [0.15, 0.2) is 0 Å². The van der Waals surface area contributed by atoms with Crippen LogP contribution in [0.2, 0.25) is 6.32 Å². The summed E-state index contributed by atoms with van der Waals surface area (Å²) in [5, 5.41) is 19.2. The second kappa shape index (κ2) is 10.2. The molecule has 1 aromatic carbocycles. The molecule has 0 aliphatic carbocycles. The quantitative estimate of drug-likeness (QED) is 0.434. The third-order valence-corrected chi connectivity index (χ3v) is 4.50. The van der Waals surface area contributed by atoms with E-state index in [1.54, 1.807) is 12.1 Å². The number of primary amides is 1. The van der Waals surface area contributed by atoms with Crippen LogP contribution in [0.15, 0.2) is 12.1 Å². The number of carboxylic acids is 1. The number of halogens is 2. The Bertz CT molecular complexity index is 720. The van der Waals surface area contributed by atoms with Gasteiger partial charge in [0.1, 0.15) is 23.2 Å². The van der Waals surface area contributed by atoms with Crippen LogP contribution in [-0.4, -0.2) is 65.8 Å². The maximum Gasteiger partial charge on any atom is 0.522 e. The van der Waals surface area contributed by atoms with Gasteiger partial charge in [0.05, 0.1) is 0 Å². The number of fused-ring (bicyclic) bond motifs is 1. The van der Waals surface area contributed by atoms with Gasteiger partial charge in [0.25, 0.3) is 0 Å². The fourth-order valence-electron chi connectivity index (χ4n) is 3.29. The molecular weight excluding hydrogens is 412 g/mol. The Kier molecular flexibility index (Phi) is 8.84. The highest BCUT2D eigenvalue weighted by Crippen LogP contribution is 2.37. The van der Waals surface area contributed by atoms with E-state index < -0.39 is 19.0 Å². The number of carbonyl (C=O) groups is 2. The van der Waals surface area contributed by atoms with Gasteiger partial charge in [0.2, 0.25) is 5.91 Å². The van der Waals surface area contributed by atoms with Crippen LogP contribution in [0.3, 0.4) is 0 Å². The van der Waals surface area contributed by atoms with Crippen molar-refractivity contribution in [3.8, 4) is 11.5 Å². The number of nitrogens with zero attached hydrogens (tertiary/aromatic N) is 1. The molecule has 2 aliphatic heterocycles. The van der Waals surface area contributed by atoms with Crippen LogP contribution >= 0.6 is 24.8 Å². The third-order valence-electron chi connectivity index (χ3n) is 4.50. The highest BCUT2D eigenvalue weighted by Gasteiger charge is 2.34. The van der Waals surface area contributed by atoms with Gasteiger partial charge >= 0.3 is 13.1 Å². The van der Waals surface area contributed by atoms with Crippen LogP contribution in [0, 0.1) is 0 Å². The SMILES string of the molecule is Cl.Cl.NC(=O)C[C@@H](N)CN1CC(Oc2ccc3c(c2C(=O)O)OB(O)CC3)C1. The predicted octanol–water partition coefficient (Wildman–Crippen LogP) is -0.0905. The van der Waals surface area contributed by atoms with Crippen molar-refractivity contribution in [3.63, 3.8) is 0 Å². The summed E-state index contributed by atoms with van der Waals surface area (Å²) in [4.78, 5) is 24.6. The van der Waals surface area contributed by atoms with Crippen molar-refractivity contribution in [2.24, 2.45) is 11.5 Å². The highest BCUT2D eigenvalue weighted by atomic mass is 35.5. The molecule has 28 heavy (non-hydrogen) atoms. The number of carboxylic acid groups (broad SMARTS) is 1. The van der Waals surface area contributed by atoms with Gasteiger partial charge in [-0.2, -0.15) is 0 Å². The van der Waals surface area contributed by atoms with Crippen molar-refractivity contribution in [2.75, 3.05) is 19.6 Å². The molecule has 1 aromatic rings. The second-order valence-electron chi connectivity index (χ2n) is 6.73. The Balaban J connectivity index is 0.00000196. The molecule has 0 saturated carbocycles. The van der Waals surface area contributed by atoms with Gasteiger partial charge in [-0.25, -0.2) is 4.79 Å². The van der Waals surface area contributed by atoms with Crippen molar-refractivity contribution in [2.45, 2.75) is 31.3 Å². The molecule has 0 spiro atoms. The van der Waals surface area contributed by atoms with Crippen LogP contribution in [0.5, 0.6) is 11.5 Å². The van der Waals surface area contributed by atoms with Crippen molar-refractivity contribution in [1.29, 1.82) is 0 Å². The average molecular weight is 436 g/mol. The summed E-state index contributed by atoms with van der Waals surface area (Å²) in [6.07, 6.45) is 0.914. The number of carbonyl (C=O) groups excluding carboxylic acids is 1. The lowest BCUT2D eigenvalue weighted by molar-refractivity contribution is -0.118. The van der Waals surface area contributed by atoms with Crippen molar-refractivity contribution >= 4 is 43.8 Å². The van der Waals surface area contributed by atoms with Gasteiger partial charge in [-0.3, -0.25) is 9.69 Å². The molecule has 12 heteroatoms. The van der Waals surface area contributed by atoms with E-state index in [0.29, 0.717) is 32.4 Å². The summed E-state index contributed by atoms with van der Waals surface area (Å²) in [5.41, 5.74) is 11.6. The lowest BCUT2D eigenvalue weighted by Crippen LogP contribution is -2.57. The maximum atomic E-state index is 11.7. The van der Waals surface area contributed by atoms with Crippen LogP contribution in [0.25, 0.3) is 0 Å². The van der Waals surface area contributed by atoms with Crippen LogP contribution in [0.1, 0.15) is 22.3 Å². The average Bonchev–Trinajstić information content (AvgIpc) is 2.51. The van der Waals surface area contributed by atoms with E-state index in [2.05, 4.69) is 0 Å². The van der Waals surface area contributed by atoms with Crippen LogP contribution in [0.4, 0.5) is 0 Å². The zero-order chi connectivity index (χ0) is 18.8. The second-order valence-corrected chi connectivity index (χ2v) is 6.73. The van der Waals surface area contributed by atoms with E-state index in [9.17, 15) is 19.7 Å². The van der Waals surface area contributed by atoms with E-state index in [-0.39, 0.29) is 60.4 Å². The molecule has 0 unspecified atom stereocenters. The molecule has 2 aliphatic rings. The number of nitrogens with two attached hydrogens (primary N) is 2. The summed E-state index contributed by atoms with van der Waals surface area (Å²) < 4.78 is 11.2. The van der Waals surface area contributed by atoms with E-state index >= 15 is 0 Å². The summed E-state index contributed by atoms with van der Waals surface area (Å²) >= 11 is 0. The van der Waals surface area contributed by atoms with Gasteiger partial charge < -0.3 is 31.0 Å². The Hall–Kier alpha value is -1.72. The first-order valence-corrected chi connectivity index (χ1v) is 8.50. The number of rotatable bonds is 7. The van der Waals surface area contributed by atoms with E-state index in [1.165, 1.54) is 0 Å². The molecule has 0 bridgehead atoms. The first kappa shape index (κ1) is 24.3. The van der Waals surface area contributed by atoms with E-state index in [1.807, 2.05) is 4.90 Å². The van der Waals surface area contributed by atoms with Gasteiger partial charge in [-0.1, -0.05) is 6.07 Å². The Morgan fingerprint density at radius 3 is 2.64 bits per heavy atom. The van der Waals surface area contributed by atoms with Crippen LogP contribution in [-0.2, 0) is 11.2 Å². The first-order chi connectivity index (χ1) is 12.3. The monoisotopic (exact) mass is 435 g/mol. The largest absolute Gasteiger partial charge is 0.535 e. The number of aryl methyl sites for hydroxylation is 1. The van der Waals surface area contributed by atoms with Crippen molar-refractivity contribution in [1.82, 2.24) is 4.90 Å². The zero-order valence-electron chi connectivity index (χ0n) is 15.1. The molecule has 3 rings (SSSR count). The zero-order valence-corrected chi connectivity index (χ0v) is 16.7. The van der Waals surface area contributed by atoms with E-state index in [4.69, 9.17) is 20.9 Å². The molecule has 156 valence electrons. The minimum atomic E-state index is -1.16. The lowest BCUT2D eigenvalue weighted by Gasteiger charge is -2.40. The molecule has 2 heterocycles. The molecule has 0 radical (unpaired) electrons. The fraction of sp³-hybridized carbons (Fsp3) is 0.500. The standard InChI is InChI=1S/C16H22BN3O6.2ClH/c18-10(5-13(19)21)6-20-7-11(8-20)25-12-2-1-9-3-4-17(24)26-15(9)14(12)16(22)23;;/h1-2,10-11,24H,3-8,18H2,(H2,19,21)(H,22,23);2*1H/t10-;;/m1../s1. The highest BCUT2D eigenvalue weighted by molar-refractivity contribution is 6.44. The van der Waals surface area contributed by atoms with Crippen molar-refractivity contribution in [3.05, 3.63) is 23.3 Å². The lowest BCUT2D eigenvalue weighted by atomic mass is 9.78. The Labute approximate surface area is 175 Å². The minimum Gasteiger partial charge on any atom is -0.535 e. The molecule has 6 N–H and O–H groups in total. The van der Waals surface area contributed by atoms with Crippen LogP contribution < -0.4 is 20.9 Å². The number of hydrogen-bond acceptors (Lipinski definition) is 7. The molecular formula is C16H24BCl2N3O6. The summed E-state index contributed by atoms with van der Waals surface area (Å²) in [6, 6.07) is 3.06. The smallest absolute Gasteiger partial charge is 0.522 e. The summed E-state index contributed by atoms with van der Waals surface area (Å²) in [7, 11) is -1.01. The summed E-state index contributed by atoms with van der Waals surface area (Å²) in [6.45, 7) is 1.67. The topological polar surface area (TPSA) is 148 Å². The number of hydrogen-bond donors (Lipinski definition) is 4. The minimum absolute atomic E-state index is 0. The third kappa shape index (κ3) is 5.65. The van der Waals surface area contributed by atoms with E-state index in [0.717, 1.165) is 5.56 Å². The van der Waals surface area contributed by atoms with Gasteiger partial charge in [-0.05, 0) is 24.4 Å². The summed E-state index contributed by atoms with van der Waals surface area (Å²) in [5.74, 6) is -1.20. The number of amides is 1. The molecule has 1 saturated heterocycles. The normalized spacial score (nSPS) is 17.1. The number of aromatic carboxylic acids is 1. The maximum absolute atomic E-state index is 11.7. The Morgan fingerprint density at radius 2 is 2.04 bits per heavy atom. The molecule has 1 amide bonds. The number of likely N-dealkylation sites (tertiary alicyclic amines) is 1. The number of benzene rings is 1. The van der Waals surface area contributed by atoms with Gasteiger partial charge in [0, 0.05) is 32.1 Å².